The second kappa shape index (κ2) is 9.33. The zero-order valence-electron chi connectivity index (χ0n) is 18.7. The van der Waals surface area contributed by atoms with Gasteiger partial charge in [0.2, 0.25) is 15.9 Å². The van der Waals surface area contributed by atoms with Crippen LogP contribution in [0.5, 0.6) is 5.75 Å². The molecule has 0 spiro atoms. The normalized spacial score (nSPS) is 12.7. The van der Waals surface area contributed by atoms with Crippen LogP contribution in [0, 0.1) is 0 Å². The van der Waals surface area contributed by atoms with Crippen molar-refractivity contribution in [2.45, 2.75) is 39.8 Å². The summed E-state index contributed by atoms with van der Waals surface area (Å²) < 4.78 is 33.9. The van der Waals surface area contributed by atoms with Gasteiger partial charge < -0.3 is 10.1 Å². The molecular formula is C22H27N3O5S2. The lowest BCUT2D eigenvalue weighted by Gasteiger charge is -2.28. The fraction of sp³-hybridized carbons (Fsp3) is 0.364. The Hall–Kier alpha value is -2.85. The summed E-state index contributed by atoms with van der Waals surface area (Å²) in [6.45, 7) is 7.75. The number of hydrogen-bond donors (Lipinski definition) is 1. The van der Waals surface area contributed by atoms with Crippen LogP contribution in [0.3, 0.4) is 0 Å². The number of amides is 1. The van der Waals surface area contributed by atoms with Crippen molar-refractivity contribution < 1.29 is 17.9 Å². The largest absolute Gasteiger partial charge is 0.494 e. The van der Waals surface area contributed by atoms with Crippen LogP contribution in [-0.2, 0) is 14.8 Å². The molecule has 172 valence electrons. The second-order valence-corrected chi connectivity index (χ2v) is 10.5. The van der Waals surface area contributed by atoms with Crippen molar-refractivity contribution in [1.82, 2.24) is 4.57 Å². The van der Waals surface area contributed by atoms with E-state index in [-0.39, 0.29) is 10.9 Å². The minimum Gasteiger partial charge on any atom is -0.494 e. The van der Waals surface area contributed by atoms with Crippen LogP contribution >= 0.6 is 11.3 Å². The molecular weight excluding hydrogens is 450 g/mol. The van der Waals surface area contributed by atoms with Gasteiger partial charge in [0.15, 0.2) is 0 Å². The van der Waals surface area contributed by atoms with Crippen LogP contribution in [0.1, 0.15) is 33.7 Å². The summed E-state index contributed by atoms with van der Waals surface area (Å²) in [7, 11) is -3.74. The Morgan fingerprint density at radius 1 is 1.16 bits per heavy atom. The summed E-state index contributed by atoms with van der Waals surface area (Å²) in [4.78, 5) is 25.1. The molecule has 8 nitrogen and oxygen atoms in total. The first-order chi connectivity index (χ1) is 15.0. The number of nitrogens with one attached hydrogen (secondary N) is 1. The van der Waals surface area contributed by atoms with Crippen molar-refractivity contribution in [2.24, 2.45) is 0 Å². The van der Waals surface area contributed by atoms with E-state index in [1.807, 2.05) is 20.8 Å². The Bertz CT molecular complexity index is 1280. The van der Waals surface area contributed by atoms with E-state index in [0.717, 1.165) is 32.1 Å². The lowest BCUT2D eigenvalue weighted by molar-refractivity contribution is -0.116. The first-order valence-corrected chi connectivity index (χ1v) is 12.9. The van der Waals surface area contributed by atoms with Crippen molar-refractivity contribution in [2.75, 3.05) is 22.5 Å². The van der Waals surface area contributed by atoms with Crippen LogP contribution in [0.4, 0.5) is 11.4 Å². The maximum Gasteiger partial charge on any atom is 0.308 e. The minimum absolute atomic E-state index is 0.0224. The highest BCUT2D eigenvalue weighted by atomic mass is 32.2. The predicted octanol–water partition coefficient (Wildman–Crippen LogP) is 3.84. The van der Waals surface area contributed by atoms with Crippen LogP contribution < -0.4 is 19.2 Å². The van der Waals surface area contributed by atoms with Gasteiger partial charge in [-0.05, 0) is 70.2 Å². The number of nitrogens with zero attached hydrogens (tertiary/aromatic N) is 2. The van der Waals surface area contributed by atoms with Gasteiger partial charge in [-0.3, -0.25) is 18.5 Å². The zero-order chi connectivity index (χ0) is 23.6. The summed E-state index contributed by atoms with van der Waals surface area (Å²) in [6.07, 6.45) is 1.06. The summed E-state index contributed by atoms with van der Waals surface area (Å²) in [5.74, 6) is 0.127. The van der Waals surface area contributed by atoms with E-state index in [1.54, 1.807) is 47.0 Å². The molecule has 0 aliphatic carbocycles. The van der Waals surface area contributed by atoms with Crippen molar-refractivity contribution in [3.05, 3.63) is 52.1 Å². The van der Waals surface area contributed by atoms with E-state index in [2.05, 4.69) is 5.32 Å². The van der Waals surface area contributed by atoms with Crippen molar-refractivity contribution in [1.29, 1.82) is 0 Å². The fourth-order valence-electron chi connectivity index (χ4n) is 3.51. The second-order valence-electron chi connectivity index (χ2n) is 7.67. The zero-order valence-corrected chi connectivity index (χ0v) is 20.3. The number of fused-ring (bicyclic) bond motifs is 1. The topological polar surface area (TPSA) is 97.7 Å². The van der Waals surface area contributed by atoms with E-state index in [0.29, 0.717) is 23.7 Å². The van der Waals surface area contributed by atoms with Gasteiger partial charge in [0, 0.05) is 11.7 Å². The molecule has 0 saturated carbocycles. The summed E-state index contributed by atoms with van der Waals surface area (Å²) in [5, 5.41) is 2.77. The predicted molar refractivity (Wildman–Crippen MR) is 129 cm³/mol. The third-order valence-corrected chi connectivity index (χ3v) is 7.05. The van der Waals surface area contributed by atoms with E-state index in [9.17, 15) is 18.0 Å². The molecule has 0 fully saturated rings. The number of hydrogen-bond acceptors (Lipinski definition) is 6. The Kier molecular flexibility index (Phi) is 6.94. The SMILES string of the molecule is CCOc1ccc(N([C@@H](C)C(=O)Nc2ccc3c(c2)sc(=O)n3C(C)C)S(C)(=O)=O)cc1. The lowest BCUT2D eigenvalue weighted by atomic mass is 10.2. The molecule has 1 amide bonds. The molecule has 0 unspecified atom stereocenters. The van der Waals surface area contributed by atoms with Gasteiger partial charge in [-0.15, -0.1) is 0 Å². The molecule has 0 bridgehead atoms. The van der Waals surface area contributed by atoms with E-state index in [1.165, 1.54) is 6.92 Å². The number of anilines is 2. The molecule has 2 aromatic carbocycles. The third kappa shape index (κ3) is 4.97. The van der Waals surface area contributed by atoms with Crippen LogP contribution in [0.2, 0.25) is 0 Å². The molecule has 3 rings (SSSR count). The van der Waals surface area contributed by atoms with E-state index >= 15 is 0 Å². The average Bonchev–Trinajstić information content (AvgIpc) is 3.03. The monoisotopic (exact) mass is 477 g/mol. The smallest absolute Gasteiger partial charge is 0.308 e. The molecule has 3 aromatic rings. The van der Waals surface area contributed by atoms with Gasteiger partial charge >= 0.3 is 4.87 Å². The molecule has 10 heteroatoms. The van der Waals surface area contributed by atoms with Crippen LogP contribution in [-0.4, -0.2) is 37.8 Å². The molecule has 0 aliphatic heterocycles. The minimum atomic E-state index is -3.74. The van der Waals surface area contributed by atoms with E-state index in [4.69, 9.17) is 4.74 Å². The number of benzene rings is 2. The maximum absolute atomic E-state index is 13.0. The lowest BCUT2D eigenvalue weighted by Crippen LogP contribution is -2.45. The number of sulfonamides is 1. The molecule has 32 heavy (non-hydrogen) atoms. The summed E-state index contributed by atoms with van der Waals surface area (Å²) in [6, 6.07) is 10.8. The Balaban J connectivity index is 1.87. The van der Waals surface area contributed by atoms with Crippen LogP contribution in [0.25, 0.3) is 10.2 Å². The standard InChI is InChI=1S/C22H27N3O5S2/c1-6-30-18-10-8-17(9-11-18)25(32(5,28)29)15(4)21(26)23-16-7-12-19-20(13-16)31-22(27)24(19)14(2)3/h7-15H,6H2,1-5H3,(H,23,26)/t15-/m0/s1. The van der Waals surface area contributed by atoms with Crippen molar-refractivity contribution in [3.8, 4) is 5.75 Å². The van der Waals surface area contributed by atoms with Crippen molar-refractivity contribution in [3.63, 3.8) is 0 Å². The number of carbonyl (C=O) groups excluding carboxylic acids is 1. The van der Waals surface area contributed by atoms with Gasteiger partial charge in [-0.1, -0.05) is 11.3 Å². The summed E-state index contributed by atoms with van der Waals surface area (Å²) in [5.41, 5.74) is 1.65. The fourth-order valence-corrected chi connectivity index (χ4v) is 5.74. The highest BCUT2D eigenvalue weighted by Crippen LogP contribution is 2.26. The van der Waals surface area contributed by atoms with Gasteiger partial charge in [0.1, 0.15) is 11.8 Å². The highest BCUT2D eigenvalue weighted by molar-refractivity contribution is 7.92. The van der Waals surface area contributed by atoms with Gasteiger partial charge in [-0.25, -0.2) is 8.42 Å². The van der Waals surface area contributed by atoms with Crippen LogP contribution in [0.15, 0.2) is 47.3 Å². The number of ether oxygens (including phenoxy) is 1. The molecule has 1 atom stereocenters. The van der Waals surface area contributed by atoms with Gasteiger partial charge in [-0.2, -0.15) is 0 Å². The number of thiazole rings is 1. The molecule has 0 saturated heterocycles. The molecule has 1 aromatic heterocycles. The Morgan fingerprint density at radius 2 is 1.81 bits per heavy atom. The number of aromatic nitrogens is 1. The Labute approximate surface area is 191 Å². The number of carbonyl (C=O) groups is 1. The first kappa shape index (κ1) is 23.8. The van der Waals surface area contributed by atoms with Gasteiger partial charge in [0.05, 0.1) is 28.8 Å². The third-order valence-electron chi connectivity index (χ3n) is 4.89. The number of rotatable bonds is 8. The molecule has 0 aliphatic rings. The maximum atomic E-state index is 13.0. The quantitative estimate of drug-likeness (QED) is 0.532. The molecule has 0 radical (unpaired) electrons. The van der Waals surface area contributed by atoms with Gasteiger partial charge in [0.25, 0.3) is 0 Å². The van der Waals surface area contributed by atoms with Crippen molar-refractivity contribution >= 4 is 48.9 Å². The molecule has 1 N–H and O–H groups in total. The highest BCUT2D eigenvalue weighted by Gasteiger charge is 2.29. The Morgan fingerprint density at radius 3 is 2.38 bits per heavy atom. The average molecular weight is 478 g/mol. The molecule has 1 heterocycles. The summed E-state index contributed by atoms with van der Waals surface area (Å²) >= 11 is 1.11. The van der Waals surface area contributed by atoms with E-state index < -0.39 is 22.0 Å². The first-order valence-electron chi connectivity index (χ1n) is 10.2.